The Labute approximate surface area is 115 Å². The molecule has 0 fully saturated rings. The summed E-state index contributed by atoms with van der Waals surface area (Å²) in [7, 11) is 0. The van der Waals surface area contributed by atoms with E-state index in [1.807, 2.05) is 0 Å². The summed E-state index contributed by atoms with van der Waals surface area (Å²) in [5.74, 6) is 0.0440. The van der Waals surface area contributed by atoms with Crippen LogP contribution in [-0.2, 0) is 0 Å². The number of nitrogens with zero attached hydrogens (tertiary/aromatic N) is 3. The van der Waals surface area contributed by atoms with Gasteiger partial charge in [-0.15, -0.1) is 0 Å². The first-order valence-corrected chi connectivity index (χ1v) is 6.11. The average Bonchev–Trinajstić information content (AvgIpc) is 2.82. The third kappa shape index (κ3) is 2.22. The number of H-pyrrole nitrogens is 1. The Bertz CT molecular complexity index is 756. The minimum absolute atomic E-state index is 0.0671. The number of nitrogen functional groups attached to an aromatic ring is 1. The molecule has 0 unspecified atom stereocenters. The molecule has 3 aromatic rings. The van der Waals surface area contributed by atoms with Gasteiger partial charge >= 0.3 is 0 Å². The lowest BCUT2D eigenvalue weighted by molar-refractivity contribution is 0.631. The highest BCUT2D eigenvalue weighted by molar-refractivity contribution is 9.10. The maximum Gasteiger partial charge on any atom is 0.224 e. The molecule has 0 amide bonds. The quantitative estimate of drug-likeness (QED) is 0.674. The van der Waals surface area contributed by atoms with Gasteiger partial charge in [0, 0.05) is 4.47 Å². The Morgan fingerprint density at radius 3 is 3.00 bits per heavy atom. The molecule has 4 N–H and O–H groups in total. The van der Waals surface area contributed by atoms with E-state index in [2.05, 4.69) is 41.2 Å². The number of fused-ring (bicyclic) bond motifs is 1. The molecule has 6 nitrogen and oxygen atoms in total. The summed E-state index contributed by atoms with van der Waals surface area (Å²) in [5.41, 5.74) is 6.85. The summed E-state index contributed by atoms with van der Waals surface area (Å²) in [5, 5.41) is 2.88. The second-order valence-corrected chi connectivity index (χ2v) is 4.70. The second kappa shape index (κ2) is 4.47. The summed E-state index contributed by atoms with van der Waals surface area (Å²) >= 11 is 3.28. The standard InChI is InChI=1S/C11H8BrFN6/c12-5-1-2-6(13)7(3-5)17-10-8-9(16-4-15-8)18-11(14)19-10/h1-4H,(H4,14,15,16,17,18,19). The third-order valence-corrected chi connectivity index (χ3v) is 2.98. The molecule has 2 heterocycles. The highest BCUT2D eigenvalue weighted by Gasteiger charge is 2.11. The van der Waals surface area contributed by atoms with Crippen molar-refractivity contribution in [2.75, 3.05) is 11.1 Å². The summed E-state index contributed by atoms with van der Waals surface area (Å²) in [6, 6.07) is 4.57. The monoisotopic (exact) mass is 322 g/mol. The molecule has 1 aromatic carbocycles. The van der Waals surface area contributed by atoms with Gasteiger partial charge in [-0.05, 0) is 18.2 Å². The SMILES string of the molecule is Nc1nc(Nc2cc(Br)ccc2F)c2[nH]cnc2n1. The topological polar surface area (TPSA) is 92.5 Å². The van der Waals surface area contributed by atoms with Crippen LogP contribution >= 0.6 is 15.9 Å². The van der Waals surface area contributed by atoms with Gasteiger partial charge in [0.15, 0.2) is 11.5 Å². The van der Waals surface area contributed by atoms with E-state index >= 15 is 0 Å². The average molecular weight is 323 g/mol. The van der Waals surface area contributed by atoms with Gasteiger partial charge in [-0.3, -0.25) is 0 Å². The molecule has 0 atom stereocenters. The molecule has 0 aliphatic rings. The number of rotatable bonds is 2. The number of imidazole rings is 1. The predicted molar refractivity (Wildman–Crippen MR) is 73.5 cm³/mol. The zero-order chi connectivity index (χ0) is 13.4. The first-order chi connectivity index (χ1) is 9.13. The van der Waals surface area contributed by atoms with Gasteiger partial charge in [0.05, 0.1) is 12.0 Å². The third-order valence-electron chi connectivity index (χ3n) is 2.48. The molecule has 0 aliphatic heterocycles. The van der Waals surface area contributed by atoms with Crippen molar-refractivity contribution in [3.8, 4) is 0 Å². The van der Waals surface area contributed by atoms with E-state index in [1.165, 1.54) is 12.4 Å². The lowest BCUT2D eigenvalue weighted by Crippen LogP contribution is -2.02. The fraction of sp³-hybridized carbons (Fsp3) is 0. The largest absolute Gasteiger partial charge is 0.368 e. The van der Waals surface area contributed by atoms with Crippen molar-refractivity contribution < 1.29 is 4.39 Å². The van der Waals surface area contributed by atoms with Gasteiger partial charge in [0.2, 0.25) is 5.95 Å². The van der Waals surface area contributed by atoms with E-state index in [1.54, 1.807) is 12.1 Å². The number of nitrogens with one attached hydrogen (secondary N) is 2. The predicted octanol–water partition coefficient (Wildman–Crippen LogP) is 2.58. The molecule has 0 radical (unpaired) electrons. The van der Waals surface area contributed by atoms with Gasteiger partial charge in [0.1, 0.15) is 11.3 Å². The van der Waals surface area contributed by atoms with E-state index in [4.69, 9.17) is 5.73 Å². The van der Waals surface area contributed by atoms with Crippen molar-refractivity contribution in [1.29, 1.82) is 0 Å². The number of aromatic amines is 1. The normalized spacial score (nSPS) is 10.8. The molecule has 3 rings (SSSR count). The molecule has 96 valence electrons. The first kappa shape index (κ1) is 11.8. The maximum atomic E-state index is 13.7. The Balaban J connectivity index is 2.10. The molecule has 19 heavy (non-hydrogen) atoms. The van der Waals surface area contributed by atoms with Gasteiger partial charge < -0.3 is 16.0 Å². The highest BCUT2D eigenvalue weighted by atomic mass is 79.9. The van der Waals surface area contributed by atoms with Gasteiger partial charge in [0.25, 0.3) is 0 Å². The number of benzene rings is 1. The highest BCUT2D eigenvalue weighted by Crippen LogP contribution is 2.26. The van der Waals surface area contributed by atoms with Crippen LogP contribution in [0.1, 0.15) is 0 Å². The molecule has 0 saturated carbocycles. The minimum atomic E-state index is -0.395. The van der Waals surface area contributed by atoms with Crippen molar-refractivity contribution >= 4 is 44.5 Å². The second-order valence-electron chi connectivity index (χ2n) is 3.78. The van der Waals surface area contributed by atoms with Crippen molar-refractivity contribution in [2.24, 2.45) is 0 Å². The van der Waals surface area contributed by atoms with Crippen LogP contribution in [0.3, 0.4) is 0 Å². The van der Waals surface area contributed by atoms with Crippen LogP contribution in [0.2, 0.25) is 0 Å². The van der Waals surface area contributed by atoms with Crippen molar-refractivity contribution in [2.45, 2.75) is 0 Å². The van der Waals surface area contributed by atoms with Crippen LogP contribution in [0.5, 0.6) is 0 Å². The fourth-order valence-electron chi connectivity index (χ4n) is 1.66. The van der Waals surface area contributed by atoms with Crippen LogP contribution in [0.15, 0.2) is 29.0 Å². The molecular weight excluding hydrogens is 315 g/mol. The molecule has 0 bridgehead atoms. The zero-order valence-electron chi connectivity index (χ0n) is 9.48. The number of hydrogen-bond acceptors (Lipinski definition) is 5. The van der Waals surface area contributed by atoms with E-state index in [0.717, 1.165) is 4.47 Å². The Morgan fingerprint density at radius 1 is 1.32 bits per heavy atom. The van der Waals surface area contributed by atoms with Crippen LogP contribution in [0.4, 0.5) is 21.8 Å². The number of hydrogen-bond donors (Lipinski definition) is 3. The van der Waals surface area contributed by atoms with E-state index in [-0.39, 0.29) is 11.6 Å². The molecule has 0 saturated heterocycles. The molecule has 0 aliphatic carbocycles. The van der Waals surface area contributed by atoms with Crippen molar-refractivity contribution in [1.82, 2.24) is 19.9 Å². The van der Waals surface area contributed by atoms with Crippen LogP contribution < -0.4 is 11.1 Å². The lowest BCUT2D eigenvalue weighted by atomic mass is 10.3. The maximum absolute atomic E-state index is 13.7. The number of nitrogens with two attached hydrogens (primary N) is 1. The molecular formula is C11H8BrFN6. The molecule has 2 aromatic heterocycles. The van der Waals surface area contributed by atoms with Gasteiger partial charge in [-0.25, -0.2) is 9.37 Å². The zero-order valence-corrected chi connectivity index (χ0v) is 11.1. The molecule has 8 heteroatoms. The molecule has 0 spiro atoms. The minimum Gasteiger partial charge on any atom is -0.368 e. The number of anilines is 3. The Kier molecular flexibility index (Phi) is 2.79. The Hall–Kier alpha value is -2.22. The van der Waals surface area contributed by atoms with Gasteiger partial charge in [-0.2, -0.15) is 9.97 Å². The van der Waals surface area contributed by atoms with Crippen LogP contribution in [0, 0.1) is 5.82 Å². The Morgan fingerprint density at radius 2 is 2.16 bits per heavy atom. The van der Waals surface area contributed by atoms with Crippen LogP contribution in [-0.4, -0.2) is 19.9 Å². The number of halogens is 2. The van der Waals surface area contributed by atoms with Crippen molar-refractivity contribution in [3.63, 3.8) is 0 Å². The summed E-state index contributed by atoms with van der Waals surface area (Å²) in [6.07, 6.45) is 1.47. The van der Waals surface area contributed by atoms with E-state index < -0.39 is 5.82 Å². The summed E-state index contributed by atoms with van der Waals surface area (Å²) in [6.45, 7) is 0. The van der Waals surface area contributed by atoms with Gasteiger partial charge in [-0.1, -0.05) is 15.9 Å². The first-order valence-electron chi connectivity index (χ1n) is 5.32. The fourth-order valence-corrected chi connectivity index (χ4v) is 2.02. The lowest BCUT2D eigenvalue weighted by Gasteiger charge is -2.08. The smallest absolute Gasteiger partial charge is 0.224 e. The van der Waals surface area contributed by atoms with E-state index in [0.29, 0.717) is 17.0 Å². The summed E-state index contributed by atoms with van der Waals surface area (Å²) < 4.78 is 14.4. The van der Waals surface area contributed by atoms with Crippen molar-refractivity contribution in [3.05, 3.63) is 34.8 Å². The van der Waals surface area contributed by atoms with E-state index in [9.17, 15) is 4.39 Å². The van der Waals surface area contributed by atoms with Crippen LogP contribution in [0.25, 0.3) is 11.2 Å². The number of aromatic nitrogens is 4. The summed E-state index contributed by atoms with van der Waals surface area (Å²) in [4.78, 5) is 14.9.